The summed E-state index contributed by atoms with van der Waals surface area (Å²) in [5.74, 6) is 0.0749. The number of nitrogens with one attached hydrogen (secondary N) is 2. The van der Waals surface area contributed by atoms with Crippen molar-refractivity contribution in [2.45, 2.75) is 32.8 Å². The van der Waals surface area contributed by atoms with Crippen LogP contribution in [0, 0.1) is 5.41 Å². The molecule has 82 valence electrons. The van der Waals surface area contributed by atoms with Gasteiger partial charge in [0.1, 0.15) is 0 Å². The minimum absolute atomic E-state index is 0.0749. The fourth-order valence-electron chi connectivity index (χ4n) is 1.83. The van der Waals surface area contributed by atoms with Gasteiger partial charge in [-0.05, 0) is 26.3 Å². The van der Waals surface area contributed by atoms with Crippen LogP contribution < -0.4 is 10.6 Å². The second-order valence-electron chi connectivity index (χ2n) is 4.12. The van der Waals surface area contributed by atoms with Crippen molar-refractivity contribution in [3.8, 4) is 0 Å². The molecule has 4 nitrogen and oxygen atoms in total. The molecule has 0 spiro atoms. The van der Waals surface area contributed by atoms with Crippen molar-refractivity contribution >= 4 is 5.91 Å². The maximum Gasteiger partial charge on any atom is 0.227 e. The minimum atomic E-state index is -0.470. The van der Waals surface area contributed by atoms with E-state index in [9.17, 15) is 4.79 Å². The highest BCUT2D eigenvalue weighted by Gasteiger charge is 2.39. The fourth-order valence-corrected chi connectivity index (χ4v) is 1.83. The first-order valence-corrected chi connectivity index (χ1v) is 5.28. The molecule has 0 saturated carbocycles. The van der Waals surface area contributed by atoms with Gasteiger partial charge in [0.25, 0.3) is 0 Å². The van der Waals surface area contributed by atoms with E-state index in [4.69, 9.17) is 5.11 Å². The Kier molecular flexibility index (Phi) is 3.89. The van der Waals surface area contributed by atoms with Gasteiger partial charge in [-0.15, -0.1) is 0 Å². The van der Waals surface area contributed by atoms with Crippen LogP contribution in [0.2, 0.25) is 0 Å². The summed E-state index contributed by atoms with van der Waals surface area (Å²) in [7, 11) is 0. The van der Waals surface area contributed by atoms with E-state index < -0.39 is 6.10 Å². The molecule has 1 rings (SSSR count). The summed E-state index contributed by atoms with van der Waals surface area (Å²) in [5, 5.41) is 15.1. The van der Waals surface area contributed by atoms with E-state index in [1.165, 1.54) is 0 Å². The zero-order valence-electron chi connectivity index (χ0n) is 8.97. The topological polar surface area (TPSA) is 61.4 Å². The molecule has 1 fully saturated rings. The number of amides is 1. The van der Waals surface area contributed by atoms with Crippen LogP contribution in [0.5, 0.6) is 0 Å². The van der Waals surface area contributed by atoms with Crippen molar-refractivity contribution in [1.82, 2.24) is 10.6 Å². The van der Waals surface area contributed by atoms with Crippen LogP contribution in [0.4, 0.5) is 0 Å². The summed E-state index contributed by atoms with van der Waals surface area (Å²) in [6, 6.07) is 0. The van der Waals surface area contributed by atoms with Crippen LogP contribution in [0.25, 0.3) is 0 Å². The summed E-state index contributed by atoms with van der Waals surface area (Å²) >= 11 is 0. The van der Waals surface area contributed by atoms with Gasteiger partial charge in [0, 0.05) is 13.1 Å². The third kappa shape index (κ3) is 2.45. The second-order valence-corrected chi connectivity index (χ2v) is 4.12. The van der Waals surface area contributed by atoms with Crippen molar-refractivity contribution in [3.63, 3.8) is 0 Å². The first-order valence-electron chi connectivity index (χ1n) is 5.28. The van der Waals surface area contributed by atoms with Crippen molar-refractivity contribution in [3.05, 3.63) is 0 Å². The van der Waals surface area contributed by atoms with Crippen LogP contribution in [0.3, 0.4) is 0 Å². The molecular weight excluding hydrogens is 180 g/mol. The smallest absolute Gasteiger partial charge is 0.227 e. The lowest BCUT2D eigenvalue weighted by molar-refractivity contribution is -0.130. The quantitative estimate of drug-likeness (QED) is 0.592. The number of aliphatic hydroxyl groups excluding tert-OH is 1. The number of aliphatic hydroxyl groups is 1. The Labute approximate surface area is 85.1 Å². The zero-order valence-corrected chi connectivity index (χ0v) is 8.97. The van der Waals surface area contributed by atoms with Crippen LogP contribution in [0.1, 0.15) is 26.7 Å². The van der Waals surface area contributed by atoms with E-state index in [2.05, 4.69) is 10.6 Å². The molecular formula is C10H20N2O2. The van der Waals surface area contributed by atoms with Gasteiger partial charge in [-0.3, -0.25) is 4.79 Å². The molecule has 1 aliphatic heterocycles. The number of carbonyl (C=O) groups is 1. The normalized spacial score (nSPS) is 28.8. The third-order valence-corrected chi connectivity index (χ3v) is 2.96. The fraction of sp³-hybridized carbons (Fsp3) is 0.900. The Morgan fingerprint density at radius 2 is 2.43 bits per heavy atom. The van der Waals surface area contributed by atoms with Crippen LogP contribution >= 0.6 is 0 Å². The van der Waals surface area contributed by atoms with Gasteiger partial charge in [0.2, 0.25) is 5.91 Å². The number of rotatable bonds is 4. The molecule has 14 heavy (non-hydrogen) atoms. The predicted octanol–water partition coefficient (Wildman–Crippen LogP) is -0.127. The summed E-state index contributed by atoms with van der Waals surface area (Å²) in [6.45, 7) is 5.73. The summed E-state index contributed by atoms with van der Waals surface area (Å²) in [4.78, 5) is 11.8. The highest BCUT2D eigenvalue weighted by Crippen LogP contribution is 2.29. The van der Waals surface area contributed by atoms with Gasteiger partial charge in [-0.1, -0.05) is 6.92 Å². The van der Waals surface area contributed by atoms with E-state index in [1.807, 2.05) is 6.92 Å². The van der Waals surface area contributed by atoms with Crippen molar-refractivity contribution in [1.29, 1.82) is 0 Å². The molecule has 1 heterocycles. The maximum atomic E-state index is 11.8. The Morgan fingerprint density at radius 1 is 1.71 bits per heavy atom. The van der Waals surface area contributed by atoms with Crippen molar-refractivity contribution < 1.29 is 9.90 Å². The lowest BCUT2D eigenvalue weighted by atomic mass is 9.83. The lowest BCUT2D eigenvalue weighted by Gasteiger charge is -2.25. The molecule has 1 saturated heterocycles. The first-order chi connectivity index (χ1) is 6.60. The summed E-state index contributed by atoms with van der Waals surface area (Å²) in [5.41, 5.74) is -0.241. The molecule has 1 aliphatic rings. The van der Waals surface area contributed by atoms with Crippen LogP contribution in [-0.4, -0.2) is 36.8 Å². The SMILES string of the molecule is CCC1(C(=O)NC[C@H](C)O)CCNC1. The molecule has 0 aromatic rings. The number of carbonyl (C=O) groups excluding carboxylic acids is 1. The Balaban J connectivity index is 2.48. The number of hydrogen-bond acceptors (Lipinski definition) is 3. The average Bonchev–Trinajstić information content (AvgIpc) is 2.63. The van der Waals surface area contributed by atoms with Gasteiger partial charge in [0.15, 0.2) is 0 Å². The van der Waals surface area contributed by atoms with Crippen molar-refractivity contribution in [2.75, 3.05) is 19.6 Å². The van der Waals surface area contributed by atoms with Gasteiger partial charge < -0.3 is 15.7 Å². The second kappa shape index (κ2) is 4.75. The molecule has 2 atom stereocenters. The molecule has 4 heteroatoms. The molecule has 0 bridgehead atoms. The van der Waals surface area contributed by atoms with Gasteiger partial charge >= 0.3 is 0 Å². The lowest BCUT2D eigenvalue weighted by Crippen LogP contribution is -2.44. The van der Waals surface area contributed by atoms with Crippen molar-refractivity contribution in [2.24, 2.45) is 5.41 Å². The zero-order chi connectivity index (χ0) is 10.6. The molecule has 3 N–H and O–H groups in total. The van der Waals surface area contributed by atoms with E-state index in [-0.39, 0.29) is 11.3 Å². The molecule has 0 aromatic carbocycles. The van der Waals surface area contributed by atoms with E-state index >= 15 is 0 Å². The molecule has 1 unspecified atom stereocenters. The van der Waals surface area contributed by atoms with Crippen LogP contribution in [0.15, 0.2) is 0 Å². The highest BCUT2D eigenvalue weighted by atomic mass is 16.3. The third-order valence-electron chi connectivity index (χ3n) is 2.96. The summed E-state index contributed by atoms with van der Waals surface area (Å²) in [6.07, 6.45) is 1.28. The summed E-state index contributed by atoms with van der Waals surface area (Å²) < 4.78 is 0. The Bertz CT molecular complexity index is 198. The predicted molar refractivity (Wildman–Crippen MR) is 54.9 cm³/mol. The van der Waals surface area contributed by atoms with Crippen LogP contribution in [-0.2, 0) is 4.79 Å². The minimum Gasteiger partial charge on any atom is -0.392 e. The molecule has 0 radical (unpaired) electrons. The van der Waals surface area contributed by atoms with E-state index in [0.29, 0.717) is 6.54 Å². The average molecular weight is 200 g/mol. The maximum absolute atomic E-state index is 11.8. The molecule has 0 aromatic heterocycles. The van der Waals surface area contributed by atoms with E-state index in [1.54, 1.807) is 6.92 Å². The number of hydrogen-bond donors (Lipinski definition) is 3. The molecule has 1 amide bonds. The van der Waals surface area contributed by atoms with Gasteiger partial charge in [-0.25, -0.2) is 0 Å². The highest BCUT2D eigenvalue weighted by molar-refractivity contribution is 5.83. The standard InChI is InChI=1S/C10H20N2O2/c1-3-10(4-5-11-7-10)9(14)12-6-8(2)13/h8,11,13H,3-7H2,1-2H3,(H,12,14)/t8-,10?/m0/s1. The Hall–Kier alpha value is -0.610. The van der Waals surface area contributed by atoms with Gasteiger partial charge in [-0.2, -0.15) is 0 Å². The van der Waals surface area contributed by atoms with E-state index in [0.717, 1.165) is 25.9 Å². The molecule has 0 aliphatic carbocycles. The Morgan fingerprint density at radius 3 is 2.86 bits per heavy atom. The van der Waals surface area contributed by atoms with Gasteiger partial charge in [0.05, 0.1) is 11.5 Å². The first kappa shape index (κ1) is 11.5. The largest absolute Gasteiger partial charge is 0.392 e. The monoisotopic (exact) mass is 200 g/mol.